The molecule has 0 bridgehead atoms. The average Bonchev–Trinajstić information content (AvgIpc) is 3.19. The summed E-state index contributed by atoms with van der Waals surface area (Å²) >= 11 is 0. The van der Waals surface area contributed by atoms with Crippen LogP contribution in [-0.2, 0) is 26.0 Å². The van der Waals surface area contributed by atoms with Crippen molar-refractivity contribution in [2.45, 2.75) is 18.6 Å². The van der Waals surface area contributed by atoms with E-state index >= 15 is 0 Å². The minimum atomic E-state index is -3.86. The molecule has 0 aromatic heterocycles. The number of ether oxygens (including phenoxy) is 2. The van der Waals surface area contributed by atoms with Crippen molar-refractivity contribution in [1.29, 1.82) is 0 Å². The van der Waals surface area contributed by atoms with Gasteiger partial charge in [0.25, 0.3) is 5.91 Å². The monoisotopic (exact) mass is 518 g/mol. The van der Waals surface area contributed by atoms with Crippen LogP contribution in [0.5, 0.6) is 5.75 Å². The van der Waals surface area contributed by atoms with Crippen LogP contribution in [0.2, 0.25) is 0 Å². The van der Waals surface area contributed by atoms with Crippen LogP contribution in [0, 0.1) is 12.3 Å². The first-order chi connectivity index (χ1) is 17.7. The molecule has 0 unspecified atom stereocenters. The number of fused-ring (bicyclic) bond motifs is 3. The molecule has 0 saturated heterocycles. The lowest BCUT2D eigenvalue weighted by molar-refractivity contribution is -0.123. The van der Waals surface area contributed by atoms with Gasteiger partial charge in [-0.1, -0.05) is 66.6 Å². The second kappa shape index (κ2) is 10.8. The Balaban J connectivity index is 1.57. The summed E-state index contributed by atoms with van der Waals surface area (Å²) in [5.74, 6) is 2.08. The molecule has 37 heavy (non-hydrogen) atoms. The maximum Gasteiger partial charge on any atom is 0.411 e. The summed E-state index contributed by atoms with van der Waals surface area (Å²) in [6.45, 7) is 0.112. The highest BCUT2D eigenvalue weighted by atomic mass is 32.2. The highest BCUT2D eigenvalue weighted by Crippen LogP contribution is 2.45. The third-order valence-corrected chi connectivity index (χ3v) is 6.59. The van der Waals surface area contributed by atoms with E-state index in [1.165, 1.54) is 7.05 Å². The SMILES string of the molecule is C#CCOc1ccc(C[C@@H](C(=O)NS(C)(=O)=O)N(C)C(=O)OC2c3ccccc3-c3ccccc32)cc1. The minimum absolute atomic E-state index is 0.0419. The minimum Gasteiger partial charge on any atom is -0.481 e. The molecular formula is C28H26N2O6S. The van der Waals surface area contributed by atoms with Gasteiger partial charge in [-0.25, -0.2) is 13.2 Å². The van der Waals surface area contributed by atoms with Crippen molar-refractivity contribution >= 4 is 22.0 Å². The number of carbonyl (C=O) groups is 2. The third kappa shape index (κ3) is 5.93. The van der Waals surface area contributed by atoms with Gasteiger partial charge < -0.3 is 9.47 Å². The van der Waals surface area contributed by atoms with E-state index in [1.807, 2.05) is 53.3 Å². The van der Waals surface area contributed by atoms with Crippen molar-refractivity contribution in [3.8, 4) is 29.2 Å². The molecule has 1 N–H and O–H groups in total. The summed E-state index contributed by atoms with van der Waals surface area (Å²) in [4.78, 5) is 27.4. The zero-order valence-corrected chi connectivity index (χ0v) is 21.2. The number of hydrogen-bond acceptors (Lipinski definition) is 6. The fourth-order valence-corrected chi connectivity index (χ4v) is 4.78. The highest BCUT2D eigenvalue weighted by molar-refractivity contribution is 7.89. The van der Waals surface area contributed by atoms with Gasteiger partial charge in [-0.3, -0.25) is 14.4 Å². The van der Waals surface area contributed by atoms with Crippen LogP contribution in [0.25, 0.3) is 11.1 Å². The van der Waals surface area contributed by atoms with Gasteiger partial charge in [0.05, 0.1) is 6.26 Å². The second-order valence-electron chi connectivity index (χ2n) is 8.64. The normalized spacial score (nSPS) is 13.0. The van der Waals surface area contributed by atoms with Gasteiger partial charge in [0.15, 0.2) is 6.10 Å². The summed E-state index contributed by atoms with van der Waals surface area (Å²) < 4.78 is 36.8. The van der Waals surface area contributed by atoms with E-state index in [1.54, 1.807) is 24.3 Å². The molecule has 3 aromatic rings. The summed E-state index contributed by atoms with van der Waals surface area (Å²) in [7, 11) is -2.45. The van der Waals surface area contributed by atoms with E-state index in [9.17, 15) is 18.0 Å². The van der Waals surface area contributed by atoms with Gasteiger partial charge in [-0.05, 0) is 28.8 Å². The number of nitrogens with one attached hydrogen (secondary N) is 1. The second-order valence-corrected chi connectivity index (χ2v) is 10.4. The van der Waals surface area contributed by atoms with Crippen LogP contribution < -0.4 is 9.46 Å². The summed E-state index contributed by atoms with van der Waals surface area (Å²) in [5.41, 5.74) is 4.29. The third-order valence-electron chi connectivity index (χ3n) is 6.01. The molecule has 8 nitrogen and oxygen atoms in total. The molecule has 0 saturated carbocycles. The fraction of sp³-hybridized carbons (Fsp3) is 0.214. The molecule has 0 radical (unpaired) electrons. The van der Waals surface area contributed by atoms with Crippen molar-refractivity contribution < 1.29 is 27.5 Å². The Morgan fingerprint density at radius 2 is 1.57 bits per heavy atom. The average molecular weight is 519 g/mol. The standard InChI is InChI=1S/C28H26N2O6S/c1-4-17-35-20-15-13-19(14-16-20)18-25(27(31)29-37(3,33)34)30(2)28(32)36-26-23-11-7-5-9-21(23)22-10-6-8-12-24(22)26/h1,5-16,25-26H,17-18H2,2-3H3,(H,29,31)/t25-/m0/s1. The lowest BCUT2D eigenvalue weighted by Crippen LogP contribution is -2.50. The van der Waals surface area contributed by atoms with E-state index in [0.29, 0.717) is 11.3 Å². The molecule has 1 aliphatic rings. The molecular weight excluding hydrogens is 492 g/mol. The van der Waals surface area contributed by atoms with E-state index in [2.05, 4.69) is 5.92 Å². The lowest BCUT2D eigenvalue weighted by Gasteiger charge is -2.28. The summed E-state index contributed by atoms with van der Waals surface area (Å²) in [6.07, 6.45) is 4.71. The Morgan fingerprint density at radius 1 is 1.00 bits per heavy atom. The number of rotatable bonds is 8. The number of hydrogen-bond donors (Lipinski definition) is 1. The Bertz CT molecular complexity index is 1410. The molecule has 1 atom stereocenters. The predicted octanol–water partition coefficient (Wildman–Crippen LogP) is 3.52. The number of likely N-dealkylation sites (N-methyl/N-ethyl adjacent to an activating group) is 1. The van der Waals surface area contributed by atoms with E-state index < -0.39 is 34.2 Å². The molecule has 0 fully saturated rings. The van der Waals surface area contributed by atoms with Crippen molar-refractivity contribution in [1.82, 2.24) is 9.62 Å². The fourth-order valence-electron chi connectivity index (χ4n) is 4.27. The maximum atomic E-state index is 13.3. The molecule has 0 heterocycles. The molecule has 2 amide bonds. The van der Waals surface area contributed by atoms with Crippen molar-refractivity contribution in [2.75, 3.05) is 19.9 Å². The smallest absolute Gasteiger partial charge is 0.411 e. The van der Waals surface area contributed by atoms with Crippen LogP contribution >= 0.6 is 0 Å². The van der Waals surface area contributed by atoms with Gasteiger partial charge >= 0.3 is 6.09 Å². The number of amides is 2. The van der Waals surface area contributed by atoms with Crippen molar-refractivity contribution in [2.24, 2.45) is 0 Å². The van der Waals surface area contributed by atoms with Crippen molar-refractivity contribution in [3.05, 3.63) is 89.5 Å². The van der Waals surface area contributed by atoms with E-state index in [-0.39, 0.29) is 13.0 Å². The molecule has 4 rings (SSSR count). The largest absolute Gasteiger partial charge is 0.481 e. The first-order valence-corrected chi connectivity index (χ1v) is 13.4. The number of nitrogens with zero attached hydrogens (tertiary/aromatic N) is 1. The molecule has 0 spiro atoms. The van der Waals surface area contributed by atoms with Gasteiger partial charge in [-0.15, -0.1) is 6.42 Å². The molecule has 0 aliphatic heterocycles. The van der Waals surface area contributed by atoms with Gasteiger partial charge in [0.1, 0.15) is 18.4 Å². The molecule has 190 valence electrons. The quantitative estimate of drug-likeness (QED) is 0.458. The summed E-state index contributed by atoms with van der Waals surface area (Å²) in [6, 6.07) is 20.9. The van der Waals surface area contributed by atoms with Crippen LogP contribution in [0.1, 0.15) is 22.8 Å². The van der Waals surface area contributed by atoms with Crippen LogP contribution in [0.3, 0.4) is 0 Å². The zero-order chi connectivity index (χ0) is 26.6. The Kier molecular flexibility index (Phi) is 7.50. The Hall–Kier alpha value is -4.29. The molecule has 3 aromatic carbocycles. The van der Waals surface area contributed by atoms with E-state index in [4.69, 9.17) is 15.9 Å². The van der Waals surface area contributed by atoms with Gasteiger partial charge in [0.2, 0.25) is 10.0 Å². The Morgan fingerprint density at radius 3 is 2.11 bits per heavy atom. The number of benzene rings is 3. The zero-order valence-electron chi connectivity index (χ0n) is 20.4. The Labute approximate surface area is 216 Å². The predicted molar refractivity (Wildman–Crippen MR) is 139 cm³/mol. The van der Waals surface area contributed by atoms with Gasteiger partial charge in [-0.2, -0.15) is 0 Å². The van der Waals surface area contributed by atoms with Crippen molar-refractivity contribution in [3.63, 3.8) is 0 Å². The number of carbonyl (C=O) groups excluding carboxylic acids is 2. The molecule has 9 heteroatoms. The summed E-state index contributed by atoms with van der Waals surface area (Å²) in [5, 5.41) is 0. The first kappa shape index (κ1) is 25.8. The maximum absolute atomic E-state index is 13.3. The van der Waals surface area contributed by atoms with Crippen LogP contribution in [0.15, 0.2) is 72.8 Å². The molecule has 1 aliphatic carbocycles. The lowest BCUT2D eigenvalue weighted by atomic mass is 10.0. The van der Waals surface area contributed by atoms with E-state index in [0.717, 1.165) is 33.4 Å². The number of sulfonamides is 1. The van der Waals surface area contributed by atoms with Crippen LogP contribution in [0.4, 0.5) is 4.79 Å². The topological polar surface area (TPSA) is 102 Å². The number of terminal acetylenes is 1. The first-order valence-electron chi connectivity index (χ1n) is 11.5. The highest BCUT2D eigenvalue weighted by Gasteiger charge is 2.35. The van der Waals surface area contributed by atoms with Gasteiger partial charge in [0, 0.05) is 24.6 Å². The van der Waals surface area contributed by atoms with Crippen LogP contribution in [-0.4, -0.2) is 51.3 Å².